The van der Waals surface area contributed by atoms with Crippen molar-refractivity contribution < 1.29 is 14.6 Å². The summed E-state index contributed by atoms with van der Waals surface area (Å²) in [5.74, 6) is 0. The first kappa shape index (κ1) is 13.0. The van der Waals surface area contributed by atoms with Crippen molar-refractivity contribution in [1.82, 2.24) is 10.6 Å². The lowest BCUT2D eigenvalue weighted by atomic mass is 9.98. The maximum atomic E-state index is 10.6. The minimum absolute atomic E-state index is 0.395. The highest BCUT2D eigenvalue weighted by molar-refractivity contribution is 5.38. The highest BCUT2D eigenvalue weighted by Gasteiger charge is 2.41. The molecule has 0 unspecified atom stereocenters. The molecule has 0 aromatic heterocycles. The van der Waals surface area contributed by atoms with Gasteiger partial charge in [0.2, 0.25) is 0 Å². The lowest BCUT2D eigenvalue weighted by Crippen LogP contribution is -2.63. The maximum absolute atomic E-state index is 10.6. The summed E-state index contributed by atoms with van der Waals surface area (Å²) in [6.45, 7) is 2.06. The van der Waals surface area contributed by atoms with Gasteiger partial charge in [-0.2, -0.15) is 0 Å². The average Bonchev–Trinajstić information content (AvgIpc) is 2.41. The van der Waals surface area contributed by atoms with Gasteiger partial charge in [-0.15, -0.1) is 0 Å². The Bertz CT molecular complexity index is 385. The summed E-state index contributed by atoms with van der Waals surface area (Å²) in [5, 5.41) is 16.2. The predicted octanol–water partition coefficient (Wildman–Crippen LogP) is -0.000300. The second kappa shape index (κ2) is 5.95. The Labute approximate surface area is 106 Å². The third-order valence-electron chi connectivity index (χ3n) is 3.24. The molecular formula is C13H18N2O3. The molecule has 1 saturated heterocycles. The number of hydrogen-bond acceptors (Lipinski definition) is 5. The Kier molecular flexibility index (Phi) is 4.30. The number of piperidine rings is 1. The molecule has 0 spiro atoms. The van der Waals surface area contributed by atoms with Crippen molar-refractivity contribution in [2.75, 3.05) is 13.1 Å². The largest absolute Gasteiger partial charge is 0.443 e. The SMILES string of the molecule is O=CO[C@@]1(NCc2ccccc2)CCNC[C@@H]1O. The molecule has 1 aromatic carbocycles. The second-order valence-corrected chi connectivity index (χ2v) is 4.41. The van der Waals surface area contributed by atoms with Crippen molar-refractivity contribution in [1.29, 1.82) is 0 Å². The highest BCUT2D eigenvalue weighted by atomic mass is 16.6. The van der Waals surface area contributed by atoms with Crippen LogP contribution in [0.3, 0.4) is 0 Å². The van der Waals surface area contributed by atoms with Crippen LogP contribution in [0.15, 0.2) is 30.3 Å². The van der Waals surface area contributed by atoms with Crippen molar-refractivity contribution in [3.05, 3.63) is 35.9 Å². The first-order chi connectivity index (χ1) is 8.77. The van der Waals surface area contributed by atoms with Gasteiger partial charge in [0.1, 0.15) is 6.10 Å². The summed E-state index contributed by atoms with van der Waals surface area (Å²) in [5.41, 5.74) is 0.0974. The Balaban J connectivity index is 2.03. The molecule has 1 aromatic rings. The van der Waals surface area contributed by atoms with Crippen molar-refractivity contribution in [2.24, 2.45) is 0 Å². The molecule has 3 N–H and O–H groups in total. The minimum Gasteiger partial charge on any atom is -0.443 e. The molecule has 98 valence electrons. The van der Waals surface area contributed by atoms with Crippen LogP contribution in [0.4, 0.5) is 0 Å². The van der Waals surface area contributed by atoms with Gasteiger partial charge in [0.15, 0.2) is 5.72 Å². The third-order valence-corrected chi connectivity index (χ3v) is 3.24. The van der Waals surface area contributed by atoms with Gasteiger partial charge >= 0.3 is 0 Å². The number of benzene rings is 1. The summed E-state index contributed by atoms with van der Waals surface area (Å²) in [7, 11) is 0. The van der Waals surface area contributed by atoms with E-state index in [1.165, 1.54) is 0 Å². The van der Waals surface area contributed by atoms with E-state index in [0.29, 0.717) is 32.5 Å². The van der Waals surface area contributed by atoms with E-state index < -0.39 is 11.8 Å². The van der Waals surface area contributed by atoms with Gasteiger partial charge in [-0.1, -0.05) is 30.3 Å². The quantitative estimate of drug-likeness (QED) is 0.507. The number of carbonyl (C=O) groups is 1. The smallest absolute Gasteiger partial charge is 0.294 e. The molecule has 0 saturated carbocycles. The van der Waals surface area contributed by atoms with Crippen LogP contribution in [0.1, 0.15) is 12.0 Å². The van der Waals surface area contributed by atoms with Crippen LogP contribution >= 0.6 is 0 Å². The fourth-order valence-corrected chi connectivity index (χ4v) is 2.16. The van der Waals surface area contributed by atoms with Crippen LogP contribution < -0.4 is 10.6 Å². The van der Waals surface area contributed by atoms with Crippen molar-refractivity contribution in [3.8, 4) is 0 Å². The van der Waals surface area contributed by atoms with E-state index in [9.17, 15) is 9.90 Å². The summed E-state index contributed by atoms with van der Waals surface area (Å²) in [4.78, 5) is 10.6. The zero-order valence-corrected chi connectivity index (χ0v) is 10.1. The van der Waals surface area contributed by atoms with Gasteiger partial charge in [0.25, 0.3) is 6.47 Å². The summed E-state index contributed by atoms with van der Waals surface area (Å²) in [6, 6.07) is 9.80. The molecule has 1 aliphatic rings. The molecule has 0 aliphatic carbocycles. The Morgan fingerprint density at radius 1 is 1.50 bits per heavy atom. The number of hydrogen-bond donors (Lipinski definition) is 3. The van der Waals surface area contributed by atoms with Crippen LogP contribution in [-0.2, 0) is 16.1 Å². The molecule has 1 heterocycles. The van der Waals surface area contributed by atoms with E-state index in [4.69, 9.17) is 4.74 Å². The van der Waals surface area contributed by atoms with Gasteiger partial charge in [-0.05, 0) is 5.56 Å². The topological polar surface area (TPSA) is 70.6 Å². The third kappa shape index (κ3) is 2.87. The molecule has 1 aliphatic heterocycles. The Morgan fingerprint density at radius 2 is 2.28 bits per heavy atom. The van der Waals surface area contributed by atoms with E-state index in [0.717, 1.165) is 5.56 Å². The molecule has 5 heteroatoms. The monoisotopic (exact) mass is 250 g/mol. The van der Waals surface area contributed by atoms with Crippen LogP contribution in [0.25, 0.3) is 0 Å². The van der Waals surface area contributed by atoms with Gasteiger partial charge < -0.3 is 15.2 Å². The number of nitrogens with one attached hydrogen (secondary N) is 2. The van der Waals surface area contributed by atoms with Crippen molar-refractivity contribution in [2.45, 2.75) is 24.8 Å². The number of aliphatic hydroxyl groups excluding tert-OH is 1. The molecule has 2 rings (SSSR count). The standard InChI is InChI=1S/C13H18N2O3/c16-10-18-13(6-7-14-9-12(13)17)15-8-11-4-2-1-3-5-11/h1-5,10,12,14-15,17H,6-9H2/t12-,13-/m0/s1. The normalized spacial score (nSPS) is 27.7. The second-order valence-electron chi connectivity index (χ2n) is 4.41. The number of rotatable bonds is 5. The molecule has 0 bridgehead atoms. The molecule has 0 radical (unpaired) electrons. The van der Waals surface area contributed by atoms with Gasteiger partial charge in [-0.25, -0.2) is 0 Å². The molecule has 1 fully saturated rings. The van der Waals surface area contributed by atoms with Crippen molar-refractivity contribution >= 4 is 6.47 Å². The van der Waals surface area contributed by atoms with Gasteiger partial charge in [0, 0.05) is 26.1 Å². The van der Waals surface area contributed by atoms with Gasteiger partial charge in [0.05, 0.1) is 0 Å². The summed E-state index contributed by atoms with van der Waals surface area (Å²) < 4.78 is 5.12. The lowest BCUT2D eigenvalue weighted by molar-refractivity contribution is -0.171. The number of ether oxygens (including phenoxy) is 1. The number of aliphatic hydroxyl groups is 1. The van der Waals surface area contributed by atoms with Crippen LogP contribution in [0, 0.1) is 0 Å². The van der Waals surface area contributed by atoms with Gasteiger partial charge in [-0.3, -0.25) is 10.1 Å². The average molecular weight is 250 g/mol. The molecule has 5 nitrogen and oxygen atoms in total. The van der Waals surface area contributed by atoms with Crippen molar-refractivity contribution in [3.63, 3.8) is 0 Å². The number of β-amino-alcohol motifs (C(OH)–C–C–N with tert-alkyl or cyclic N) is 1. The predicted molar refractivity (Wildman–Crippen MR) is 66.7 cm³/mol. The fraction of sp³-hybridized carbons (Fsp3) is 0.462. The van der Waals surface area contributed by atoms with E-state index in [1.807, 2.05) is 30.3 Å². The maximum Gasteiger partial charge on any atom is 0.294 e. The highest BCUT2D eigenvalue weighted by Crippen LogP contribution is 2.20. The summed E-state index contributed by atoms with van der Waals surface area (Å²) >= 11 is 0. The Morgan fingerprint density at radius 3 is 2.94 bits per heavy atom. The molecule has 18 heavy (non-hydrogen) atoms. The number of carbonyl (C=O) groups excluding carboxylic acids is 1. The fourth-order valence-electron chi connectivity index (χ4n) is 2.16. The zero-order valence-electron chi connectivity index (χ0n) is 10.1. The summed E-state index contributed by atoms with van der Waals surface area (Å²) in [6.07, 6.45) is -0.208. The van der Waals surface area contributed by atoms with Crippen LogP contribution in [-0.4, -0.2) is 36.5 Å². The van der Waals surface area contributed by atoms with E-state index in [-0.39, 0.29) is 0 Å². The zero-order chi connectivity index (χ0) is 12.8. The van der Waals surface area contributed by atoms with E-state index >= 15 is 0 Å². The Hall–Kier alpha value is -1.43. The van der Waals surface area contributed by atoms with E-state index in [1.54, 1.807) is 0 Å². The molecule has 0 amide bonds. The lowest BCUT2D eigenvalue weighted by Gasteiger charge is -2.40. The molecule has 2 atom stereocenters. The minimum atomic E-state index is -0.983. The van der Waals surface area contributed by atoms with Crippen LogP contribution in [0.2, 0.25) is 0 Å². The molecular weight excluding hydrogens is 232 g/mol. The first-order valence-corrected chi connectivity index (χ1v) is 6.06. The first-order valence-electron chi connectivity index (χ1n) is 6.06. The van der Waals surface area contributed by atoms with E-state index in [2.05, 4.69) is 10.6 Å². The van der Waals surface area contributed by atoms with Crippen LogP contribution in [0.5, 0.6) is 0 Å².